The van der Waals surface area contributed by atoms with E-state index in [1.165, 1.54) is 0 Å². The molecule has 3 N–H and O–H groups in total. The minimum atomic E-state index is 0.0127. The molecule has 0 saturated heterocycles. The summed E-state index contributed by atoms with van der Waals surface area (Å²) in [5.74, 6) is 0.478. The number of aromatic nitrogens is 2. The summed E-state index contributed by atoms with van der Waals surface area (Å²) in [7, 11) is 0. The molecule has 0 radical (unpaired) electrons. The second-order valence-electron chi connectivity index (χ2n) is 2.59. The summed E-state index contributed by atoms with van der Waals surface area (Å²) >= 11 is 5.56. The lowest BCUT2D eigenvalue weighted by Gasteiger charge is -2.04. The van der Waals surface area contributed by atoms with Gasteiger partial charge in [-0.25, -0.2) is 4.98 Å². The molecule has 62 valence electrons. The average molecular weight is 174 g/mol. The Bertz CT molecular complexity index is 221. The Morgan fingerprint density at radius 2 is 2.55 bits per heavy atom. The molecule has 1 aromatic heterocycles. The first-order valence-corrected chi connectivity index (χ1v) is 4.08. The van der Waals surface area contributed by atoms with E-state index in [1.807, 2.05) is 6.92 Å². The first-order chi connectivity index (χ1) is 5.24. The number of aromatic amines is 1. The highest BCUT2D eigenvalue weighted by molar-refractivity contribution is 6.18. The van der Waals surface area contributed by atoms with Crippen LogP contribution in [0.15, 0.2) is 6.33 Å². The van der Waals surface area contributed by atoms with E-state index in [1.54, 1.807) is 6.33 Å². The van der Waals surface area contributed by atoms with Gasteiger partial charge < -0.3 is 10.7 Å². The zero-order chi connectivity index (χ0) is 8.27. The topological polar surface area (TPSA) is 54.7 Å². The highest BCUT2D eigenvalue weighted by Crippen LogP contribution is 2.03. The zero-order valence-corrected chi connectivity index (χ0v) is 7.23. The van der Waals surface area contributed by atoms with Crippen LogP contribution in [0.3, 0.4) is 0 Å². The fraction of sp³-hybridized carbons (Fsp3) is 0.571. The largest absolute Gasteiger partial charge is 0.348 e. The Kier molecular flexibility index (Phi) is 2.91. The number of H-pyrrole nitrogens is 1. The van der Waals surface area contributed by atoms with Gasteiger partial charge in [0.1, 0.15) is 0 Å². The summed E-state index contributed by atoms with van der Waals surface area (Å²) in [5.41, 5.74) is 7.73. The Labute approximate surface area is 71.0 Å². The maximum absolute atomic E-state index is 5.65. The lowest BCUT2D eigenvalue weighted by Crippen LogP contribution is -2.24. The van der Waals surface area contributed by atoms with Crippen molar-refractivity contribution in [3.8, 4) is 0 Å². The van der Waals surface area contributed by atoms with Crippen LogP contribution in [0.2, 0.25) is 0 Å². The molecule has 0 spiro atoms. The Morgan fingerprint density at radius 1 is 1.82 bits per heavy atom. The van der Waals surface area contributed by atoms with Gasteiger partial charge in [0.05, 0.1) is 12.0 Å². The van der Waals surface area contributed by atoms with Gasteiger partial charge in [0.15, 0.2) is 0 Å². The van der Waals surface area contributed by atoms with Crippen LogP contribution in [0.5, 0.6) is 0 Å². The number of nitrogens with one attached hydrogen (secondary N) is 1. The molecule has 11 heavy (non-hydrogen) atoms. The normalized spacial score (nSPS) is 13.4. The van der Waals surface area contributed by atoms with Crippen LogP contribution in [-0.2, 0) is 6.42 Å². The number of alkyl halides is 1. The molecule has 1 aromatic rings. The molecule has 0 fully saturated rings. The Morgan fingerprint density at radius 3 is 3.00 bits per heavy atom. The molecule has 0 aliphatic heterocycles. The minimum absolute atomic E-state index is 0.0127. The molecule has 0 amide bonds. The third-order valence-electron chi connectivity index (χ3n) is 1.59. The SMILES string of the molecule is Cc1[nH]cnc1CC(N)CCl. The molecule has 1 heterocycles. The fourth-order valence-corrected chi connectivity index (χ4v) is 1.00. The van der Waals surface area contributed by atoms with Gasteiger partial charge in [0.25, 0.3) is 0 Å². The molecule has 0 bridgehead atoms. The molecular formula is C7H12ClN3. The quantitative estimate of drug-likeness (QED) is 0.666. The second-order valence-corrected chi connectivity index (χ2v) is 2.90. The van der Waals surface area contributed by atoms with Gasteiger partial charge in [0, 0.05) is 24.0 Å². The van der Waals surface area contributed by atoms with Gasteiger partial charge in [0.2, 0.25) is 0 Å². The van der Waals surface area contributed by atoms with E-state index in [9.17, 15) is 0 Å². The van der Waals surface area contributed by atoms with Crippen molar-refractivity contribution in [1.29, 1.82) is 0 Å². The van der Waals surface area contributed by atoms with Gasteiger partial charge in [-0.15, -0.1) is 11.6 Å². The van der Waals surface area contributed by atoms with Crippen molar-refractivity contribution < 1.29 is 0 Å². The molecule has 4 heteroatoms. The van der Waals surface area contributed by atoms with Crippen molar-refractivity contribution in [2.24, 2.45) is 5.73 Å². The summed E-state index contributed by atoms with van der Waals surface area (Å²) in [4.78, 5) is 7.10. The van der Waals surface area contributed by atoms with E-state index in [-0.39, 0.29) is 6.04 Å². The summed E-state index contributed by atoms with van der Waals surface area (Å²) in [6.07, 6.45) is 2.42. The predicted molar refractivity (Wildman–Crippen MR) is 45.7 cm³/mol. The summed E-state index contributed by atoms with van der Waals surface area (Å²) < 4.78 is 0. The highest BCUT2D eigenvalue weighted by Gasteiger charge is 2.06. The van der Waals surface area contributed by atoms with Crippen LogP contribution in [0.25, 0.3) is 0 Å². The predicted octanol–water partition coefficient (Wildman–Crippen LogP) is 0.827. The standard InChI is InChI=1S/C7H12ClN3/c1-5-7(11-4-10-5)2-6(9)3-8/h4,6H,2-3,9H2,1H3,(H,10,11). The van der Waals surface area contributed by atoms with E-state index >= 15 is 0 Å². The van der Waals surface area contributed by atoms with Crippen LogP contribution in [0.4, 0.5) is 0 Å². The molecule has 1 unspecified atom stereocenters. The van der Waals surface area contributed by atoms with Crippen molar-refractivity contribution in [2.45, 2.75) is 19.4 Å². The number of halogens is 1. The van der Waals surface area contributed by atoms with E-state index in [0.29, 0.717) is 5.88 Å². The van der Waals surface area contributed by atoms with Crippen molar-refractivity contribution in [2.75, 3.05) is 5.88 Å². The van der Waals surface area contributed by atoms with E-state index in [2.05, 4.69) is 9.97 Å². The van der Waals surface area contributed by atoms with Crippen LogP contribution >= 0.6 is 11.6 Å². The van der Waals surface area contributed by atoms with Crippen molar-refractivity contribution in [1.82, 2.24) is 9.97 Å². The number of hydrogen-bond acceptors (Lipinski definition) is 2. The smallest absolute Gasteiger partial charge is 0.0925 e. The summed E-state index contributed by atoms with van der Waals surface area (Å²) in [6.45, 7) is 1.98. The van der Waals surface area contributed by atoms with Gasteiger partial charge in [-0.3, -0.25) is 0 Å². The first-order valence-electron chi connectivity index (χ1n) is 3.54. The fourth-order valence-electron chi connectivity index (χ4n) is 0.896. The van der Waals surface area contributed by atoms with E-state index in [0.717, 1.165) is 17.8 Å². The molecule has 0 aromatic carbocycles. The molecule has 0 aliphatic carbocycles. The molecular weight excluding hydrogens is 162 g/mol. The molecule has 0 aliphatic rings. The zero-order valence-electron chi connectivity index (χ0n) is 6.47. The van der Waals surface area contributed by atoms with Crippen LogP contribution in [0.1, 0.15) is 11.4 Å². The number of nitrogens with two attached hydrogens (primary N) is 1. The van der Waals surface area contributed by atoms with E-state index < -0.39 is 0 Å². The maximum atomic E-state index is 5.65. The van der Waals surface area contributed by atoms with Crippen molar-refractivity contribution >= 4 is 11.6 Å². The van der Waals surface area contributed by atoms with Gasteiger partial charge in [-0.05, 0) is 6.92 Å². The molecule has 0 saturated carbocycles. The minimum Gasteiger partial charge on any atom is -0.348 e. The Balaban J connectivity index is 2.56. The number of rotatable bonds is 3. The number of nitrogens with zero attached hydrogens (tertiary/aromatic N) is 1. The third kappa shape index (κ3) is 2.20. The third-order valence-corrected chi connectivity index (χ3v) is 1.98. The van der Waals surface area contributed by atoms with Crippen LogP contribution in [-0.4, -0.2) is 21.9 Å². The second kappa shape index (κ2) is 3.74. The van der Waals surface area contributed by atoms with Gasteiger partial charge in [-0.1, -0.05) is 0 Å². The lowest BCUT2D eigenvalue weighted by atomic mass is 10.2. The summed E-state index contributed by atoms with van der Waals surface area (Å²) in [6, 6.07) is 0.0127. The molecule has 1 rings (SSSR count). The number of aryl methyl sites for hydroxylation is 1. The average Bonchev–Trinajstić information content (AvgIpc) is 2.37. The van der Waals surface area contributed by atoms with Crippen molar-refractivity contribution in [3.05, 3.63) is 17.7 Å². The van der Waals surface area contributed by atoms with Crippen molar-refractivity contribution in [3.63, 3.8) is 0 Å². The number of hydrogen-bond donors (Lipinski definition) is 2. The number of imidazole rings is 1. The monoisotopic (exact) mass is 173 g/mol. The first kappa shape index (κ1) is 8.56. The lowest BCUT2D eigenvalue weighted by molar-refractivity contribution is 0.728. The molecule has 1 atom stereocenters. The highest BCUT2D eigenvalue weighted by atomic mass is 35.5. The Hall–Kier alpha value is -0.540. The maximum Gasteiger partial charge on any atom is 0.0925 e. The molecule has 3 nitrogen and oxygen atoms in total. The summed E-state index contributed by atoms with van der Waals surface area (Å²) in [5, 5.41) is 0. The van der Waals surface area contributed by atoms with Gasteiger partial charge in [-0.2, -0.15) is 0 Å². The van der Waals surface area contributed by atoms with Gasteiger partial charge >= 0.3 is 0 Å². The van der Waals surface area contributed by atoms with Crippen LogP contribution in [0, 0.1) is 6.92 Å². The van der Waals surface area contributed by atoms with E-state index in [4.69, 9.17) is 17.3 Å². The van der Waals surface area contributed by atoms with Crippen LogP contribution < -0.4 is 5.73 Å².